The van der Waals surface area contributed by atoms with Crippen LogP contribution in [0.15, 0.2) is 24.3 Å². The third-order valence-corrected chi connectivity index (χ3v) is 3.24. The SMILES string of the molecule is CC1(CCc2ccc(NC(=O)C(F)(F)F)cc2)OCCO1. The first-order valence-electron chi connectivity index (χ1n) is 6.54. The van der Waals surface area contributed by atoms with Gasteiger partial charge >= 0.3 is 12.1 Å². The summed E-state index contributed by atoms with van der Waals surface area (Å²) in [6, 6.07) is 6.23. The Kier molecular flexibility index (Phi) is 4.53. The standard InChI is InChI=1S/C14H16F3NO3/c1-13(20-8-9-21-13)7-6-10-2-4-11(5-3-10)18-12(19)14(15,16)17/h2-5H,6-9H2,1H3,(H,18,19). The topological polar surface area (TPSA) is 47.6 Å². The van der Waals surface area contributed by atoms with Gasteiger partial charge in [-0.2, -0.15) is 13.2 Å². The molecule has 1 aliphatic heterocycles. The summed E-state index contributed by atoms with van der Waals surface area (Å²) in [4.78, 5) is 10.8. The molecule has 0 spiro atoms. The molecule has 1 aliphatic rings. The predicted molar refractivity (Wildman–Crippen MR) is 69.8 cm³/mol. The number of carbonyl (C=O) groups excluding carboxylic acids is 1. The highest BCUT2D eigenvalue weighted by molar-refractivity contribution is 5.94. The fourth-order valence-electron chi connectivity index (χ4n) is 2.03. The van der Waals surface area contributed by atoms with Crippen molar-refractivity contribution < 1.29 is 27.4 Å². The second kappa shape index (κ2) is 6.03. The maximum Gasteiger partial charge on any atom is 0.471 e. The predicted octanol–water partition coefficient (Wildman–Crippen LogP) is 2.88. The summed E-state index contributed by atoms with van der Waals surface area (Å²) < 4.78 is 47.3. The smallest absolute Gasteiger partial charge is 0.348 e. The van der Waals surface area contributed by atoms with Gasteiger partial charge < -0.3 is 14.8 Å². The highest BCUT2D eigenvalue weighted by atomic mass is 19.4. The van der Waals surface area contributed by atoms with Crippen LogP contribution < -0.4 is 5.32 Å². The lowest BCUT2D eigenvalue weighted by atomic mass is 10.1. The molecule has 0 bridgehead atoms. The second-order valence-corrected chi connectivity index (χ2v) is 4.98. The number of rotatable bonds is 4. The third-order valence-electron chi connectivity index (χ3n) is 3.24. The summed E-state index contributed by atoms with van der Waals surface area (Å²) in [5.74, 6) is -2.57. The van der Waals surface area contributed by atoms with Crippen LogP contribution in [0.2, 0.25) is 0 Å². The average Bonchev–Trinajstić information content (AvgIpc) is 2.84. The van der Waals surface area contributed by atoms with Gasteiger partial charge in [0.05, 0.1) is 13.2 Å². The summed E-state index contributed by atoms with van der Waals surface area (Å²) in [6.45, 7) is 3.00. The van der Waals surface area contributed by atoms with E-state index in [9.17, 15) is 18.0 Å². The molecule has 1 saturated heterocycles. The fourth-order valence-corrected chi connectivity index (χ4v) is 2.03. The molecule has 4 nitrogen and oxygen atoms in total. The van der Waals surface area contributed by atoms with Crippen molar-refractivity contribution in [2.24, 2.45) is 0 Å². The molecule has 1 fully saturated rings. The second-order valence-electron chi connectivity index (χ2n) is 4.98. The lowest BCUT2D eigenvalue weighted by Gasteiger charge is -2.22. The minimum Gasteiger partial charge on any atom is -0.348 e. The Hall–Kier alpha value is -1.60. The van der Waals surface area contributed by atoms with E-state index >= 15 is 0 Å². The summed E-state index contributed by atoms with van der Waals surface area (Å²) in [5, 5.41) is 1.80. The Labute approximate surface area is 120 Å². The molecule has 2 rings (SSSR count). The molecule has 0 saturated carbocycles. The zero-order valence-electron chi connectivity index (χ0n) is 11.5. The van der Waals surface area contributed by atoms with Gasteiger partial charge in [-0.1, -0.05) is 12.1 Å². The highest BCUT2D eigenvalue weighted by Gasteiger charge is 2.38. The number of carbonyl (C=O) groups is 1. The highest BCUT2D eigenvalue weighted by Crippen LogP contribution is 2.25. The largest absolute Gasteiger partial charge is 0.471 e. The number of alkyl halides is 3. The molecular formula is C14H16F3NO3. The van der Waals surface area contributed by atoms with Crippen LogP contribution in [-0.2, 0) is 20.7 Å². The van der Waals surface area contributed by atoms with E-state index in [0.29, 0.717) is 26.1 Å². The monoisotopic (exact) mass is 303 g/mol. The first-order chi connectivity index (χ1) is 9.78. The van der Waals surface area contributed by atoms with Crippen molar-refractivity contribution in [3.05, 3.63) is 29.8 Å². The van der Waals surface area contributed by atoms with Gasteiger partial charge in [-0.3, -0.25) is 4.79 Å². The van der Waals surface area contributed by atoms with Gasteiger partial charge in [0, 0.05) is 12.1 Å². The molecule has 0 atom stereocenters. The zero-order chi connectivity index (χ0) is 15.5. The Balaban J connectivity index is 1.88. The number of amides is 1. The number of benzene rings is 1. The molecule has 1 aromatic carbocycles. The minimum atomic E-state index is -4.88. The van der Waals surface area contributed by atoms with Crippen LogP contribution in [0.25, 0.3) is 0 Å². The van der Waals surface area contributed by atoms with Gasteiger partial charge in [-0.25, -0.2) is 0 Å². The Morgan fingerprint density at radius 3 is 2.33 bits per heavy atom. The molecule has 1 N–H and O–H groups in total. The van der Waals surface area contributed by atoms with Crippen molar-refractivity contribution in [2.45, 2.75) is 31.7 Å². The number of aryl methyl sites for hydroxylation is 1. The van der Waals surface area contributed by atoms with Gasteiger partial charge in [0.2, 0.25) is 0 Å². The molecule has 1 aromatic rings. The normalized spacial score (nSPS) is 17.7. The number of hydrogen-bond acceptors (Lipinski definition) is 3. The lowest BCUT2D eigenvalue weighted by Crippen LogP contribution is -2.29. The van der Waals surface area contributed by atoms with E-state index in [2.05, 4.69) is 0 Å². The third kappa shape index (κ3) is 4.44. The number of anilines is 1. The molecule has 1 heterocycles. The first-order valence-corrected chi connectivity index (χ1v) is 6.54. The molecule has 0 aliphatic carbocycles. The van der Waals surface area contributed by atoms with Crippen molar-refractivity contribution >= 4 is 11.6 Å². The van der Waals surface area contributed by atoms with E-state index in [1.165, 1.54) is 12.1 Å². The molecule has 0 unspecified atom stereocenters. The van der Waals surface area contributed by atoms with E-state index in [4.69, 9.17) is 9.47 Å². The number of hydrogen-bond donors (Lipinski definition) is 1. The van der Waals surface area contributed by atoms with Crippen molar-refractivity contribution in [3.63, 3.8) is 0 Å². The molecule has 0 aromatic heterocycles. The van der Waals surface area contributed by atoms with Crippen LogP contribution in [0, 0.1) is 0 Å². The molecule has 1 amide bonds. The maximum absolute atomic E-state index is 12.1. The number of halogens is 3. The maximum atomic E-state index is 12.1. The van der Waals surface area contributed by atoms with Crippen LogP contribution in [-0.4, -0.2) is 31.1 Å². The van der Waals surface area contributed by atoms with Crippen LogP contribution in [0.1, 0.15) is 18.9 Å². The van der Waals surface area contributed by atoms with Crippen molar-refractivity contribution in [3.8, 4) is 0 Å². The first kappa shape index (κ1) is 15.8. The summed E-state index contributed by atoms with van der Waals surface area (Å²) in [7, 11) is 0. The van der Waals surface area contributed by atoms with E-state index < -0.39 is 17.9 Å². The minimum absolute atomic E-state index is 0.112. The average molecular weight is 303 g/mol. The van der Waals surface area contributed by atoms with Crippen LogP contribution >= 0.6 is 0 Å². The summed E-state index contributed by atoms with van der Waals surface area (Å²) in [5.41, 5.74) is 1.04. The van der Waals surface area contributed by atoms with E-state index in [-0.39, 0.29) is 5.69 Å². The molecule has 7 heteroatoms. The van der Waals surface area contributed by atoms with Crippen LogP contribution in [0.5, 0.6) is 0 Å². The quantitative estimate of drug-likeness (QED) is 0.930. The van der Waals surface area contributed by atoms with E-state index in [1.807, 2.05) is 6.92 Å². The molecular weight excluding hydrogens is 287 g/mol. The van der Waals surface area contributed by atoms with Gasteiger partial charge in [0.1, 0.15) is 0 Å². The van der Waals surface area contributed by atoms with Crippen LogP contribution in [0.3, 0.4) is 0 Å². The number of ether oxygens (including phenoxy) is 2. The van der Waals surface area contributed by atoms with E-state index in [0.717, 1.165) is 5.56 Å². The zero-order valence-corrected chi connectivity index (χ0v) is 11.5. The van der Waals surface area contributed by atoms with E-state index in [1.54, 1.807) is 17.4 Å². The fraction of sp³-hybridized carbons (Fsp3) is 0.500. The molecule has 116 valence electrons. The Morgan fingerprint density at radius 1 is 1.24 bits per heavy atom. The molecule has 21 heavy (non-hydrogen) atoms. The van der Waals surface area contributed by atoms with Crippen molar-refractivity contribution in [1.29, 1.82) is 0 Å². The Morgan fingerprint density at radius 2 is 1.81 bits per heavy atom. The van der Waals surface area contributed by atoms with Crippen molar-refractivity contribution in [2.75, 3.05) is 18.5 Å². The van der Waals surface area contributed by atoms with Crippen molar-refractivity contribution in [1.82, 2.24) is 0 Å². The van der Waals surface area contributed by atoms with Gasteiger partial charge in [-0.05, 0) is 31.0 Å². The summed E-state index contributed by atoms with van der Waals surface area (Å²) in [6.07, 6.45) is -3.56. The molecule has 0 radical (unpaired) electrons. The number of nitrogens with one attached hydrogen (secondary N) is 1. The lowest BCUT2D eigenvalue weighted by molar-refractivity contribution is -0.167. The van der Waals surface area contributed by atoms with Gasteiger partial charge in [0.15, 0.2) is 5.79 Å². The Bertz CT molecular complexity index is 493. The van der Waals surface area contributed by atoms with Gasteiger partial charge in [-0.15, -0.1) is 0 Å². The van der Waals surface area contributed by atoms with Gasteiger partial charge in [0.25, 0.3) is 0 Å². The van der Waals surface area contributed by atoms with Crippen LogP contribution in [0.4, 0.5) is 18.9 Å². The summed E-state index contributed by atoms with van der Waals surface area (Å²) >= 11 is 0.